The van der Waals surface area contributed by atoms with E-state index < -0.39 is 0 Å². The number of aromatic amines is 1. The van der Waals surface area contributed by atoms with Crippen LogP contribution in [0.2, 0.25) is 0 Å². The van der Waals surface area contributed by atoms with E-state index in [1.54, 1.807) is 12.4 Å². The first kappa shape index (κ1) is 15.9. The first-order valence-corrected chi connectivity index (χ1v) is 8.27. The fraction of sp³-hybridized carbons (Fsp3) is 0.0476. The van der Waals surface area contributed by atoms with Gasteiger partial charge in [0.2, 0.25) is 5.91 Å². The third-order valence-corrected chi connectivity index (χ3v) is 4.15. The van der Waals surface area contributed by atoms with Gasteiger partial charge >= 0.3 is 0 Å². The molecule has 0 radical (unpaired) electrons. The quantitative estimate of drug-likeness (QED) is 0.573. The molecule has 0 bridgehead atoms. The zero-order chi connectivity index (χ0) is 17.9. The second-order valence-electron chi connectivity index (χ2n) is 5.99. The largest absolute Gasteiger partial charge is 0.457 e. The van der Waals surface area contributed by atoms with E-state index in [9.17, 15) is 4.79 Å². The molecule has 0 aliphatic rings. The summed E-state index contributed by atoms with van der Waals surface area (Å²) in [4.78, 5) is 18.8. The Morgan fingerprint density at radius 1 is 1.08 bits per heavy atom. The van der Waals surface area contributed by atoms with Gasteiger partial charge in [-0.15, -0.1) is 0 Å². The van der Waals surface area contributed by atoms with Gasteiger partial charge in [-0.1, -0.05) is 36.4 Å². The molecule has 0 saturated heterocycles. The molecule has 5 nitrogen and oxygen atoms in total. The number of para-hydroxylation sites is 2. The molecule has 0 spiro atoms. The van der Waals surface area contributed by atoms with E-state index in [1.165, 1.54) is 0 Å². The molecule has 128 valence electrons. The number of pyridine rings is 1. The standard InChI is InChI=1S/C21H17N3O2/c22-20(25)11-15-13-24-21-18(15)10-14(12-23-21)17-8-4-5-9-19(17)26-16-6-2-1-3-7-16/h1-10,12-13H,11H2,(H2,22,25)(H,23,24). The topological polar surface area (TPSA) is 81.0 Å². The van der Waals surface area contributed by atoms with Gasteiger partial charge in [0, 0.05) is 28.9 Å². The van der Waals surface area contributed by atoms with Crippen molar-refractivity contribution in [3.63, 3.8) is 0 Å². The fourth-order valence-corrected chi connectivity index (χ4v) is 2.95. The average Bonchev–Trinajstić information content (AvgIpc) is 3.04. The van der Waals surface area contributed by atoms with Crippen molar-refractivity contribution in [2.45, 2.75) is 6.42 Å². The zero-order valence-electron chi connectivity index (χ0n) is 14.0. The van der Waals surface area contributed by atoms with Crippen molar-refractivity contribution in [2.75, 3.05) is 0 Å². The van der Waals surface area contributed by atoms with Crippen LogP contribution in [0.1, 0.15) is 5.56 Å². The molecule has 0 saturated carbocycles. The lowest BCUT2D eigenvalue weighted by atomic mass is 10.0. The summed E-state index contributed by atoms with van der Waals surface area (Å²) in [5.74, 6) is 1.14. The summed E-state index contributed by atoms with van der Waals surface area (Å²) < 4.78 is 6.04. The maximum atomic E-state index is 11.3. The van der Waals surface area contributed by atoms with Gasteiger partial charge in [-0.25, -0.2) is 4.98 Å². The number of carbonyl (C=O) groups is 1. The monoisotopic (exact) mass is 343 g/mol. The second-order valence-corrected chi connectivity index (χ2v) is 5.99. The fourth-order valence-electron chi connectivity index (χ4n) is 2.95. The van der Waals surface area contributed by atoms with Crippen LogP contribution in [0.5, 0.6) is 11.5 Å². The molecule has 2 heterocycles. The Morgan fingerprint density at radius 2 is 1.85 bits per heavy atom. The number of aromatic nitrogens is 2. The van der Waals surface area contributed by atoms with Gasteiger partial charge in [0.15, 0.2) is 0 Å². The van der Waals surface area contributed by atoms with Crippen LogP contribution in [0.4, 0.5) is 0 Å². The molecule has 2 aromatic heterocycles. The number of hydrogen-bond donors (Lipinski definition) is 2. The number of fused-ring (bicyclic) bond motifs is 1. The lowest BCUT2D eigenvalue weighted by molar-refractivity contribution is -0.117. The summed E-state index contributed by atoms with van der Waals surface area (Å²) in [5.41, 5.74) is 8.74. The highest BCUT2D eigenvalue weighted by molar-refractivity contribution is 5.89. The van der Waals surface area contributed by atoms with Crippen LogP contribution in [0.3, 0.4) is 0 Å². The Labute approximate surface area is 150 Å². The van der Waals surface area contributed by atoms with Gasteiger partial charge in [0.05, 0.1) is 6.42 Å². The first-order valence-electron chi connectivity index (χ1n) is 8.27. The number of ether oxygens (including phenoxy) is 1. The highest BCUT2D eigenvalue weighted by Gasteiger charge is 2.12. The molecule has 0 unspecified atom stereocenters. The maximum absolute atomic E-state index is 11.3. The average molecular weight is 343 g/mol. The number of H-pyrrole nitrogens is 1. The van der Waals surface area contributed by atoms with Crippen LogP contribution in [-0.4, -0.2) is 15.9 Å². The van der Waals surface area contributed by atoms with Gasteiger partial charge in [-0.3, -0.25) is 4.79 Å². The molecule has 0 atom stereocenters. The SMILES string of the molecule is NC(=O)Cc1c[nH]c2ncc(-c3ccccc3Oc3ccccc3)cc12. The normalized spacial score (nSPS) is 10.8. The predicted molar refractivity (Wildman–Crippen MR) is 101 cm³/mol. The number of rotatable bonds is 5. The Bertz CT molecular complexity index is 1070. The van der Waals surface area contributed by atoms with Crippen LogP contribution >= 0.6 is 0 Å². The minimum Gasteiger partial charge on any atom is -0.457 e. The van der Waals surface area contributed by atoms with Crippen LogP contribution in [0.25, 0.3) is 22.2 Å². The van der Waals surface area contributed by atoms with E-state index >= 15 is 0 Å². The number of nitrogens with zero attached hydrogens (tertiary/aromatic N) is 1. The van der Waals surface area contributed by atoms with Crippen molar-refractivity contribution in [1.29, 1.82) is 0 Å². The third kappa shape index (κ3) is 3.15. The van der Waals surface area contributed by atoms with Crippen molar-refractivity contribution < 1.29 is 9.53 Å². The Kier molecular flexibility index (Phi) is 4.11. The molecule has 1 amide bonds. The van der Waals surface area contributed by atoms with Crippen molar-refractivity contribution >= 4 is 16.9 Å². The Hall–Kier alpha value is -3.60. The summed E-state index contributed by atoms with van der Waals surface area (Å²) in [6.45, 7) is 0. The number of benzene rings is 2. The predicted octanol–water partition coefficient (Wildman–Crippen LogP) is 4.05. The number of hydrogen-bond acceptors (Lipinski definition) is 3. The van der Waals surface area contributed by atoms with E-state index in [1.807, 2.05) is 60.7 Å². The van der Waals surface area contributed by atoms with Crippen molar-refractivity contribution in [1.82, 2.24) is 9.97 Å². The smallest absolute Gasteiger partial charge is 0.221 e. The molecule has 0 fully saturated rings. The van der Waals surface area contributed by atoms with Crippen LogP contribution in [0.15, 0.2) is 73.1 Å². The van der Waals surface area contributed by atoms with E-state index in [4.69, 9.17) is 10.5 Å². The number of amides is 1. The molecule has 5 heteroatoms. The zero-order valence-corrected chi connectivity index (χ0v) is 14.0. The van der Waals surface area contributed by atoms with Crippen molar-refractivity contribution in [2.24, 2.45) is 5.73 Å². The maximum Gasteiger partial charge on any atom is 0.221 e. The van der Waals surface area contributed by atoms with E-state index in [0.29, 0.717) is 0 Å². The Balaban J connectivity index is 1.77. The van der Waals surface area contributed by atoms with Crippen LogP contribution in [0, 0.1) is 0 Å². The highest BCUT2D eigenvalue weighted by atomic mass is 16.5. The molecule has 4 rings (SSSR count). The molecule has 0 aliphatic carbocycles. The van der Waals surface area contributed by atoms with Crippen molar-refractivity contribution in [3.8, 4) is 22.6 Å². The van der Waals surface area contributed by atoms with Gasteiger partial charge in [-0.05, 0) is 29.8 Å². The lowest BCUT2D eigenvalue weighted by Gasteiger charge is -2.11. The molecule has 4 aromatic rings. The minimum absolute atomic E-state index is 0.174. The van der Waals surface area contributed by atoms with Gasteiger partial charge < -0.3 is 15.5 Å². The number of primary amides is 1. The molecular formula is C21H17N3O2. The van der Waals surface area contributed by atoms with Gasteiger partial charge in [0.25, 0.3) is 0 Å². The number of nitrogens with one attached hydrogen (secondary N) is 1. The van der Waals surface area contributed by atoms with Crippen molar-refractivity contribution in [3.05, 3.63) is 78.6 Å². The number of nitrogens with two attached hydrogens (primary N) is 1. The first-order chi connectivity index (χ1) is 12.7. The molecule has 26 heavy (non-hydrogen) atoms. The summed E-state index contributed by atoms with van der Waals surface area (Å²) in [6.07, 6.45) is 3.74. The molecular weight excluding hydrogens is 326 g/mol. The summed E-state index contributed by atoms with van der Waals surface area (Å²) in [6, 6.07) is 19.4. The van der Waals surface area contributed by atoms with E-state index in [-0.39, 0.29) is 12.3 Å². The van der Waals surface area contributed by atoms with Gasteiger partial charge in [-0.2, -0.15) is 0 Å². The molecule has 0 aliphatic heterocycles. The third-order valence-electron chi connectivity index (χ3n) is 4.15. The van der Waals surface area contributed by atoms with E-state index in [0.717, 1.165) is 39.2 Å². The molecule has 2 aromatic carbocycles. The Morgan fingerprint density at radius 3 is 2.65 bits per heavy atom. The van der Waals surface area contributed by atoms with Gasteiger partial charge in [0.1, 0.15) is 17.1 Å². The summed E-state index contributed by atoms with van der Waals surface area (Å²) in [5, 5.41) is 0.885. The lowest BCUT2D eigenvalue weighted by Crippen LogP contribution is -2.13. The van der Waals surface area contributed by atoms with E-state index in [2.05, 4.69) is 9.97 Å². The summed E-state index contributed by atoms with van der Waals surface area (Å²) >= 11 is 0. The summed E-state index contributed by atoms with van der Waals surface area (Å²) in [7, 11) is 0. The van der Waals surface area contributed by atoms with Crippen LogP contribution in [-0.2, 0) is 11.2 Å². The highest BCUT2D eigenvalue weighted by Crippen LogP contribution is 2.34. The number of carbonyl (C=O) groups excluding carboxylic acids is 1. The second kappa shape index (κ2) is 6.72. The molecule has 3 N–H and O–H groups in total. The minimum atomic E-state index is -0.371. The van der Waals surface area contributed by atoms with Crippen LogP contribution < -0.4 is 10.5 Å².